The molecule has 1 rings (SSSR count). The van der Waals surface area contributed by atoms with Gasteiger partial charge < -0.3 is 10.6 Å². The SMILES string of the molecule is CCC1(C)CNC(C)(C)C(C)(CC)N1. The van der Waals surface area contributed by atoms with Crippen LogP contribution in [-0.2, 0) is 0 Å². The van der Waals surface area contributed by atoms with Crippen molar-refractivity contribution < 1.29 is 0 Å². The molecule has 1 fully saturated rings. The van der Waals surface area contributed by atoms with Crippen LogP contribution in [0, 0.1) is 0 Å². The van der Waals surface area contributed by atoms with Crippen LogP contribution in [0.1, 0.15) is 54.4 Å². The highest BCUT2D eigenvalue weighted by Crippen LogP contribution is 2.32. The summed E-state index contributed by atoms with van der Waals surface area (Å²) < 4.78 is 0. The largest absolute Gasteiger partial charge is 0.308 e. The van der Waals surface area contributed by atoms with Crippen molar-refractivity contribution >= 4 is 0 Å². The van der Waals surface area contributed by atoms with Gasteiger partial charge in [0.05, 0.1) is 0 Å². The van der Waals surface area contributed by atoms with Gasteiger partial charge in [-0.15, -0.1) is 0 Å². The molecule has 2 unspecified atom stereocenters. The summed E-state index contributed by atoms with van der Waals surface area (Å²) in [5.41, 5.74) is 0.618. The molecular formula is C12H26N2. The van der Waals surface area contributed by atoms with Gasteiger partial charge in [0.1, 0.15) is 0 Å². The van der Waals surface area contributed by atoms with Crippen LogP contribution in [-0.4, -0.2) is 23.2 Å². The van der Waals surface area contributed by atoms with Crippen LogP contribution in [0.5, 0.6) is 0 Å². The Morgan fingerprint density at radius 1 is 1.00 bits per heavy atom. The van der Waals surface area contributed by atoms with Crippen molar-refractivity contribution in [3.05, 3.63) is 0 Å². The van der Waals surface area contributed by atoms with Gasteiger partial charge in [-0.1, -0.05) is 13.8 Å². The van der Waals surface area contributed by atoms with Crippen molar-refractivity contribution in [2.45, 2.75) is 71.0 Å². The van der Waals surface area contributed by atoms with Gasteiger partial charge in [-0.05, 0) is 40.5 Å². The van der Waals surface area contributed by atoms with Crippen molar-refractivity contribution in [2.24, 2.45) is 0 Å². The smallest absolute Gasteiger partial charge is 0.0332 e. The molecule has 2 nitrogen and oxygen atoms in total. The molecular weight excluding hydrogens is 172 g/mol. The fraction of sp³-hybridized carbons (Fsp3) is 1.00. The van der Waals surface area contributed by atoms with E-state index in [9.17, 15) is 0 Å². The highest BCUT2D eigenvalue weighted by molar-refractivity contribution is 5.11. The predicted octanol–water partition coefficient (Wildman–Crippen LogP) is 2.30. The van der Waals surface area contributed by atoms with E-state index in [2.05, 4.69) is 52.2 Å². The number of nitrogens with one attached hydrogen (secondary N) is 2. The number of rotatable bonds is 2. The molecule has 0 amide bonds. The van der Waals surface area contributed by atoms with E-state index in [0.29, 0.717) is 0 Å². The summed E-state index contributed by atoms with van der Waals surface area (Å²) >= 11 is 0. The van der Waals surface area contributed by atoms with Crippen LogP contribution in [0.15, 0.2) is 0 Å². The Balaban J connectivity index is 2.89. The zero-order chi connectivity index (χ0) is 11.0. The summed E-state index contributed by atoms with van der Waals surface area (Å²) in [6, 6.07) is 0. The Labute approximate surface area is 88.8 Å². The van der Waals surface area contributed by atoms with Crippen LogP contribution < -0.4 is 10.6 Å². The lowest BCUT2D eigenvalue weighted by Gasteiger charge is -2.56. The lowest BCUT2D eigenvalue weighted by molar-refractivity contribution is 0.0633. The van der Waals surface area contributed by atoms with E-state index in [0.717, 1.165) is 13.0 Å². The van der Waals surface area contributed by atoms with Crippen LogP contribution in [0.25, 0.3) is 0 Å². The molecule has 0 aromatic heterocycles. The Morgan fingerprint density at radius 2 is 1.57 bits per heavy atom. The first-order valence-electron chi connectivity index (χ1n) is 5.83. The summed E-state index contributed by atoms with van der Waals surface area (Å²) in [6.45, 7) is 14.8. The molecule has 0 aromatic carbocycles. The summed E-state index contributed by atoms with van der Waals surface area (Å²) in [4.78, 5) is 0. The van der Waals surface area contributed by atoms with Gasteiger partial charge in [-0.25, -0.2) is 0 Å². The van der Waals surface area contributed by atoms with E-state index in [1.54, 1.807) is 0 Å². The van der Waals surface area contributed by atoms with Gasteiger partial charge in [-0.3, -0.25) is 0 Å². The van der Waals surface area contributed by atoms with E-state index in [1.165, 1.54) is 6.42 Å². The summed E-state index contributed by atoms with van der Waals surface area (Å²) in [5, 5.41) is 7.51. The van der Waals surface area contributed by atoms with Gasteiger partial charge in [0.15, 0.2) is 0 Å². The molecule has 0 spiro atoms. The van der Waals surface area contributed by atoms with Gasteiger partial charge in [0.2, 0.25) is 0 Å². The molecule has 2 atom stereocenters. The molecule has 0 saturated carbocycles. The molecule has 2 heteroatoms. The molecule has 1 saturated heterocycles. The lowest BCUT2D eigenvalue weighted by Crippen LogP contribution is -2.76. The van der Waals surface area contributed by atoms with Gasteiger partial charge in [0.25, 0.3) is 0 Å². The van der Waals surface area contributed by atoms with Crippen molar-refractivity contribution in [3.63, 3.8) is 0 Å². The van der Waals surface area contributed by atoms with E-state index < -0.39 is 0 Å². The Bertz CT molecular complexity index is 212. The van der Waals surface area contributed by atoms with Crippen LogP contribution in [0.2, 0.25) is 0 Å². The average Bonchev–Trinajstić information content (AvgIpc) is 2.13. The van der Waals surface area contributed by atoms with E-state index in [1.807, 2.05) is 0 Å². The molecule has 84 valence electrons. The molecule has 1 aliphatic heterocycles. The van der Waals surface area contributed by atoms with Crippen molar-refractivity contribution in [1.82, 2.24) is 10.6 Å². The van der Waals surface area contributed by atoms with Gasteiger partial charge in [-0.2, -0.15) is 0 Å². The highest BCUT2D eigenvalue weighted by atomic mass is 15.2. The predicted molar refractivity (Wildman–Crippen MR) is 62.6 cm³/mol. The third kappa shape index (κ3) is 1.82. The van der Waals surface area contributed by atoms with Gasteiger partial charge >= 0.3 is 0 Å². The zero-order valence-electron chi connectivity index (χ0n) is 10.6. The third-order valence-electron chi connectivity index (χ3n) is 4.37. The maximum absolute atomic E-state index is 3.83. The molecule has 14 heavy (non-hydrogen) atoms. The van der Waals surface area contributed by atoms with Crippen LogP contribution >= 0.6 is 0 Å². The normalized spacial score (nSPS) is 42.4. The molecule has 1 heterocycles. The molecule has 1 aliphatic rings. The fourth-order valence-corrected chi connectivity index (χ4v) is 2.22. The quantitative estimate of drug-likeness (QED) is 0.711. The highest BCUT2D eigenvalue weighted by Gasteiger charge is 2.47. The minimum absolute atomic E-state index is 0.177. The Hall–Kier alpha value is -0.0800. The minimum Gasteiger partial charge on any atom is -0.308 e. The van der Waals surface area contributed by atoms with E-state index in [-0.39, 0.29) is 16.6 Å². The first-order chi connectivity index (χ1) is 6.29. The minimum atomic E-state index is 0.177. The first kappa shape index (κ1) is 12.0. The van der Waals surface area contributed by atoms with Crippen molar-refractivity contribution in [1.29, 1.82) is 0 Å². The van der Waals surface area contributed by atoms with Gasteiger partial charge in [0, 0.05) is 23.2 Å². The Kier molecular flexibility index (Phi) is 2.99. The second-order valence-electron chi connectivity index (χ2n) is 5.70. The number of hydrogen-bond donors (Lipinski definition) is 2. The average molecular weight is 198 g/mol. The fourth-order valence-electron chi connectivity index (χ4n) is 2.22. The zero-order valence-corrected chi connectivity index (χ0v) is 10.6. The standard InChI is InChI=1S/C12H26N2/c1-7-11(5)9-13-10(3,4)12(6,8-2)14-11/h13-14H,7-9H2,1-6H3. The lowest BCUT2D eigenvalue weighted by atomic mass is 9.73. The second-order valence-corrected chi connectivity index (χ2v) is 5.70. The number of hydrogen-bond acceptors (Lipinski definition) is 2. The van der Waals surface area contributed by atoms with Crippen molar-refractivity contribution in [3.8, 4) is 0 Å². The summed E-state index contributed by atoms with van der Waals surface area (Å²) in [7, 11) is 0. The summed E-state index contributed by atoms with van der Waals surface area (Å²) in [5.74, 6) is 0. The molecule has 0 radical (unpaired) electrons. The Morgan fingerprint density at radius 3 is 2.00 bits per heavy atom. The van der Waals surface area contributed by atoms with Crippen LogP contribution in [0.4, 0.5) is 0 Å². The number of piperazine rings is 1. The third-order valence-corrected chi connectivity index (χ3v) is 4.37. The van der Waals surface area contributed by atoms with E-state index in [4.69, 9.17) is 0 Å². The molecule has 0 aliphatic carbocycles. The molecule has 0 bridgehead atoms. The van der Waals surface area contributed by atoms with E-state index >= 15 is 0 Å². The maximum Gasteiger partial charge on any atom is 0.0332 e. The monoisotopic (exact) mass is 198 g/mol. The van der Waals surface area contributed by atoms with Crippen molar-refractivity contribution in [2.75, 3.05) is 6.54 Å². The first-order valence-corrected chi connectivity index (χ1v) is 5.83. The molecule has 0 aromatic rings. The molecule has 2 N–H and O–H groups in total. The van der Waals surface area contributed by atoms with Crippen LogP contribution in [0.3, 0.4) is 0 Å². The second kappa shape index (κ2) is 3.49. The topological polar surface area (TPSA) is 24.1 Å². The maximum atomic E-state index is 3.83. The summed E-state index contributed by atoms with van der Waals surface area (Å²) in [6.07, 6.45) is 2.33.